The number of amides is 2. The Labute approximate surface area is 132 Å². The fourth-order valence-corrected chi connectivity index (χ4v) is 2.57. The van der Waals surface area contributed by atoms with E-state index in [9.17, 15) is 9.59 Å². The number of carbonyl (C=O) groups is 2. The number of hydrogen-bond acceptors (Lipinski definition) is 3. The molecule has 1 aliphatic rings. The van der Waals surface area contributed by atoms with Gasteiger partial charge in [0, 0.05) is 26.1 Å². The quantitative estimate of drug-likeness (QED) is 0.819. The number of likely N-dealkylation sites (N-methyl/N-ethyl adjacent to an activating group) is 1. The normalized spacial score (nSPS) is 17.3. The van der Waals surface area contributed by atoms with Crippen molar-refractivity contribution in [2.24, 2.45) is 0 Å². The number of rotatable bonds is 6. The summed E-state index contributed by atoms with van der Waals surface area (Å²) >= 11 is 0. The SMILES string of the molecule is Cc1ccc(CCC(=O)NCC(=O)N(C)C2CCNC2)cc1. The Balaban J connectivity index is 1.68. The molecule has 1 saturated heterocycles. The second-order valence-electron chi connectivity index (χ2n) is 5.91. The third kappa shape index (κ3) is 4.84. The molecule has 0 saturated carbocycles. The zero-order valence-corrected chi connectivity index (χ0v) is 13.4. The summed E-state index contributed by atoms with van der Waals surface area (Å²) in [5.74, 6) is -0.107. The molecule has 22 heavy (non-hydrogen) atoms. The summed E-state index contributed by atoms with van der Waals surface area (Å²) in [7, 11) is 1.80. The first-order chi connectivity index (χ1) is 10.6. The lowest BCUT2D eigenvalue weighted by Gasteiger charge is -2.23. The van der Waals surface area contributed by atoms with Gasteiger partial charge in [0.05, 0.1) is 6.54 Å². The Hall–Kier alpha value is -1.88. The third-order valence-corrected chi connectivity index (χ3v) is 4.17. The van der Waals surface area contributed by atoms with Crippen molar-refractivity contribution in [3.05, 3.63) is 35.4 Å². The molecule has 2 rings (SSSR count). The van der Waals surface area contributed by atoms with Crippen LogP contribution in [0.15, 0.2) is 24.3 Å². The first kappa shape index (κ1) is 16.5. The van der Waals surface area contributed by atoms with E-state index < -0.39 is 0 Å². The first-order valence-corrected chi connectivity index (χ1v) is 7.85. The highest BCUT2D eigenvalue weighted by atomic mass is 16.2. The summed E-state index contributed by atoms with van der Waals surface area (Å²) < 4.78 is 0. The molecule has 1 atom stereocenters. The molecule has 1 aromatic rings. The van der Waals surface area contributed by atoms with Crippen LogP contribution in [0.2, 0.25) is 0 Å². The molecule has 1 aliphatic heterocycles. The van der Waals surface area contributed by atoms with Crippen LogP contribution >= 0.6 is 0 Å². The summed E-state index contributed by atoms with van der Waals surface area (Å²) in [5, 5.41) is 5.95. The predicted octanol–water partition coefficient (Wildman–Crippen LogP) is 0.864. The number of carbonyl (C=O) groups excluding carboxylic acids is 2. The molecule has 2 N–H and O–H groups in total. The zero-order chi connectivity index (χ0) is 15.9. The predicted molar refractivity (Wildman–Crippen MR) is 86.6 cm³/mol. The number of nitrogens with zero attached hydrogens (tertiary/aromatic N) is 1. The molecule has 0 spiro atoms. The minimum Gasteiger partial charge on any atom is -0.347 e. The van der Waals surface area contributed by atoms with E-state index in [2.05, 4.69) is 10.6 Å². The molecule has 1 unspecified atom stereocenters. The van der Waals surface area contributed by atoms with Gasteiger partial charge in [-0.1, -0.05) is 29.8 Å². The maximum Gasteiger partial charge on any atom is 0.242 e. The largest absolute Gasteiger partial charge is 0.347 e. The molecular formula is C17H25N3O2. The van der Waals surface area contributed by atoms with Crippen molar-refractivity contribution in [2.75, 3.05) is 26.7 Å². The highest BCUT2D eigenvalue weighted by Gasteiger charge is 2.23. The molecule has 0 aromatic heterocycles. The summed E-state index contributed by atoms with van der Waals surface area (Å²) in [6.07, 6.45) is 2.08. The summed E-state index contributed by atoms with van der Waals surface area (Å²) in [6.45, 7) is 3.91. The average Bonchev–Trinajstić information content (AvgIpc) is 3.05. The lowest BCUT2D eigenvalue weighted by atomic mass is 10.1. The van der Waals surface area contributed by atoms with E-state index in [1.54, 1.807) is 11.9 Å². The Morgan fingerprint density at radius 1 is 1.32 bits per heavy atom. The van der Waals surface area contributed by atoms with Crippen LogP contribution in [0.3, 0.4) is 0 Å². The molecule has 5 nitrogen and oxygen atoms in total. The summed E-state index contributed by atoms with van der Waals surface area (Å²) in [4.78, 5) is 25.6. The van der Waals surface area contributed by atoms with Gasteiger partial charge in [-0.05, 0) is 31.9 Å². The molecule has 1 fully saturated rings. The van der Waals surface area contributed by atoms with Crippen LogP contribution in [0.1, 0.15) is 24.0 Å². The minimum absolute atomic E-state index is 0.0302. The van der Waals surface area contributed by atoms with Gasteiger partial charge in [-0.2, -0.15) is 0 Å². The van der Waals surface area contributed by atoms with E-state index in [-0.39, 0.29) is 24.4 Å². The van der Waals surface area contributed by atoms with E-state index in [4.69, 9.17) is 0 Å². The second-order valence-corrected chi connectivity index (χ2v) is 5.91. The van der Waals surface area contributed by atoms with Gasteiger partial charge in [0.25, 0.3) is 0 Å². The van der Waals surface area contributed by atoms with Crippen molar-refractivity contribution in [1.82, 2.24) is 15.5 Å². The highest BCUT2D eigenvalue weighted by molar-refractivity contribution is 5.84. The van der Waals surface area contributed by atoms with E-state index >= 15 is 0 Å². The van der Waals surface area contributed by atoms with Gasteiger partial charge in [-0.3, -0.25) is 9.59 Å². The maximum atomic E-state index is 12.0. The maximum absolute atomic E-state index is 12.0. The summed E-state index contributed by atoms with van der Waals surface area (Å²) in [6, 6.07) is 8.41. The van der Waals surface area contributed by atoms with Gasteiger partial charge in [-0.25, -0.2) is 0 Å². The van der Waals surface area contributed by atoms with Crippen LogP contribution in [0.4, 0.5) is 0 Å². The molecular weight excluding hydrogens is 278 g/mol. The fourth-order valence-electron chi connectivity index (χ4n) is 2.57. The lowest BCUT2D eigenvalue weighted by molar-refractivity contribution is -0.133. The second kappa shape index (κ2) is 7.94. The van der Waals surface area contributed by atoms with Crippen LogP contribution in [0, 0.1) is 6.92 Å². The van der Waals surface area contributed by atoms with Crippen LogP contribution < -0.4 is 10.6 Å². The Morgan fingerprint density at radius 3 is 2.68 bits per heavy atom. The van der Waals surface area contributed by atoms with Crippen molar-refractivity contribution in [3.8, 4) is 0 Å². The van der Waals surface area contributed by atoms with E-state index in [0.717, 1.165) is 25.1 Å². The lowest BCUT2D eigenvalue weighted by Crippen LogP contribution is -2.44. The van der Waals surface area contributed by atoms with Crippen molar-refractivity contribution < 1.29 is 9.59 Å². The molecule has 0 bridgehead atoms. The van der Waals surface area contributed by atoms with Gasteiger partial charge in [0.15, 0.2) is 0 Å². The van der Waals surface area contributed by atoms with Gasteiger partial charge in [0.1, 0.15) is 0 Å². The van der Waals surface area contributed by atoms with Gasteiger partial charge >= 0.3 is 0 Å². The van der Waals surface area contributed by atoms with E-state index in [1.807, 2.05) is 31.2 Å². The van der Waals surface area contributed by atoms with Crippen LogP contribution in [0.5, 0.6) is 0 Å². The molecule has 1 heterocycles. The average molecular weight is 303 g/mol. The van der Waals surface area contributed by atoms with Crippen molar-refractivity contribution in [3.63, 3.8) is 0 Å². The number of aryl methyl sites for hydroxylation is 2. The molecule has 5 heteroatoms. The van der Waals surface area contributed by atoms with Gasteiger partial charge < -0.3 is 15.5 Å². The number of nitrogens with one attached hydrogen (secondary N) is 2. The molecule has 120 valence electrons. The highest BCUT2D eigenvalue weighted by Crippen LogP contribution is 2.07. The first-order valence-electron chi connectivity index (χ1n) is 7.85. The summed E-state index contributed by atoms with van der Waals surface area (Å²) in [5.41, 5.74) is 2.35. The molecule has 0 aliphatic carbocycles. The topological polar surface area (TPSA) is 61.4 Å². The molecule has 1 aromatic carbocycles. The molecule has 0 radical (unpaired) electrons. The van der Waals surface area contributed by atoms with E-state index in [1.165, 1.54) is 5.56 Å². The van der Waals surface area contributed by atoms with Gasteiger partial charge in [0.2, 0.25) is 11.8 Å². The number of hydrogen-bond donors (Lipinski definition) is 2. The van der Waals surface area contributed by atoms with Crippen molar-refractivity contribution in [2.45, 2.75) is 32.2 Å². The number of benzene rings is 1. The van der Waals surface area contributed by atoms with Gasteiger partial charge in [-0.15, -0.1) is 0 Å². The third-order valence-electron chi connectivity index (χ3n) is 4.17. The van der Waals surface area contributed by atoms with Crippen LogP contribution in [-0.2, 0) is 16.0 Å². The monoisotopic (exact) mass is 303 g/mol. The molecule has 2 amide bonds. The minimum atomic E-state index is -0.0770. The standard InChI is InChI=1S/C17H25N3O2/c1-13-3-5-14(6-4-13)7-8-16(21)19-12-17(22)20(2)15-9-10-18-11-15/h3-6,15,18H,7-12H2,1-2H3,(H,19,21). The smallest absolute Gasteiger partial charge is 0.242 e. The van der Waals surface area contributed by atoms with Crippen molar-refractivity contribution >= 4 is 11.8 Å². The zero-order valence-electron chi connectivity index (χ0n) is 13.4. The van der Waals surface area contributed by atoms with Crippen molar-refractivity contribution in [1.29, 1.82) is 0 Å². The Kier molecular flexibility index (Phi) is 5.95. The van der Waals surface area contributed by atoms with E-state index in [0.29, 0.717) is 12.8 Å². The Morgan fingerprint density at radius 2 is 2.05 bits per heavy atom. The van der Waals surface area contributed by atoms with Crippen LogP contribution in [-0.4, -0.2) is 49.4 Å². The van der Waals surface area contributed by atoms with Crippen LogP contribution in [0.25, 0.3) is 0 Å². The fraction of sp³-hybridized carbons (Fsp3) is 0.529. The Bertz CT molecular complexity index is 507.